The maximum Gasteiger partial charge on any atom is 0.286 e. The maximum atomic E-state index is 11.6. The lowest BCUT2D eigenvalue weighted by Crippen LogP contribution is -2.25. The molecule has 2 heterocycles. The van der Waals surface area contributed by atoms with Crippen LogP contribution in [-0.2, 0) is 24.1 Å². The summed E-state index contributed by atoms with van der Waals surface area (Å²) >= 11 is 1.05. The first-order valence-electron chi connectivity index (χ1n) is 8.31. The molecule has 2 amide bonds. The summed E-state index contributed by atoms with van der Waals surface area (Å²) in [5.74, 6) is 0.578. The lowest BCUT2D eigenvalue weighted by atomic mass is 10.1. The van der Waals surface area contributed by atoms with E-state index in [0.29, 0.717) is 13.0 Å². The second kappa shape index (κ2) is 8.16. The average Bonchev–Trinajstić information content (AvgIpc) is 2.94. The minimum atomic E-state index is -0.337. The Kier molecular flexibility index (Phi) is 5.71. The molecule has 130 valence electrons. The Labute approximate surface area is 151 Å². The van der Waals surface area contributed by atoms with Crippen molar-refractivity contribution < 1.29 is 14.3 Å². The van der Waals surface area contributed by atoms with E-state index in [1.165, 1.54) is 5.56 Å². The number of aryl methyl sites for hydroxylation is 1. The van der Waals surface area contributed by atoms with E-state index in [9.17, 15) is 9.59 Å². The van der Waals surface area contributed by atoms with Gasteiger partial charge < -0.3 is 4.74 Å². The monoisotopic (exact) mass is 356 g/mol. The minimum absolute atomic E-state index is 0.211. The zero-order valence-corrected chi connectivity index (χ0v) is 14.8. The van der Waals surface area contributed by atoms with Crippen LogP contribution < -0.4 is 10.1 Å². The van der Waals surface area contributed by atoms with E-state index in [-0.39, 0.29) is 16.4 Å². The Morgan fingerprint density at radius 1 is 1.20 bits per heavy atom. The van der Waals surface area contributed by atoms with Crippen LogP contribution in [0, 0.1) is 0 Å². The quantitative estimate of drug-likeness (QED) is 0.825. The van der Waals surface area contributed by atoms with Crippen LogP contribution in [0.5, 0.6) is 5.75 Å². The number of amides is 2. The first-order valence-corrected chi connectivity index (χ1v) is 9.19. The molecular weight excluding hydrogens is 336 g/mol. The van der Waals surface area contributed by atoms with Crippen LogP contribution in [0.4, 0.5) is 4.79 Å². The van der Waals surface area contributed by atoms with Gasteiger partial charge in [-0.2, -0.15) is 0 Å². The van der Waals surface area contributed by atoms with Gasteiger partial charge in [-0.05, 0) is 42.2 Å². The lowest BCUT2D eigenvalue weighted by Gasteiger charge is -2.10. The van der Waals surface area contributed by atoms with Crippen molar-refractivity contribution in [3.05, 3.63) is 59.4 Å². The number of nitrogens with zero attached hydrogens (tertiary/aromatic N) is 1. The molecule has 6 heteroatoms. The number of imide groups is 1. The highest BCUT2D eigenvalue weighted by Gasteiger charge is 2.31. The Balaban J connectivity index is 1.51. The van der Waals surface area contributed by atoms with E-state index >= 15 is 0 Å². The second-order valence-electron chi connectivity index (χ2n) is 5.79. The van der Waals surface area contributed by atoms with Gasteiger partial charge in [0.25, 0.3) is 5.24 Å². The van der Waals surface area contributed by atoms with Crippen LogP contribution in [0.2, 0.25) is 0 Å². The summed E-state index contributed by atoms with van der Waals surface area (Å²) in [6, 6.07) is 11.7. The fourth-order valence-electron chi connectivity index (χ4n) is 2.75. The molecule has 1 N–H and O–H groups in total. The Hall–Kier alpha value is -2.34. The smallest absolute Gasteiger partial charge is 0.286 e. The van der Waals surface area contributed by atoms with Crippen LogP contribution in [0.15, 0.2) is 42.6 Å². The van der Waals surface area contributed by atoms with Gasteiger partial charge >= 0.3 is 0 Å². The SMILES string of the molecule is CCc1cccnc1CCOc1ccc(CC2SC(=O)NC2=O)cc1. The highest BCUT2D eigenvalue weighted by molar-refractivity contribution is 8.15. The highest BCUT2D eigenvalue weighted by atomic mass is 32.2. The van der Waals surface area contributed by atoms with E-state index in [4.69, 9.17) is 4.74 Å². The van der Waals surface area contributed by atoms with Crippen molar-refractivity contribution >= 4 is 22.9 Å². The summed E-state index contributed by atoms with van der Waals surface area (Å²) in [6.45, 7) is 2.69. The fourth-order valence-corrected chi connectivity index (χ4v) is 3.61. The molecule has 1 unspecified atom stereocenters. The number of carbonyl (C=O) groups is 2. The van der Waals surface area contributed by atoms with Crippen molar-refractivity contribution in [1.29, 1.82) is 0 Å². The van der Waals surface area contributed by atoms with Crippen LogP contribution in [0.3, 0.4) is 0 Å². The van der Waals surface area contributed by atoms with Crippen LogP contribution in [0.25, 0.3) is 0 Å². The van der Waals surface area contributed by atoms with Gasteiger partial charge in [-0.15, -0.1) is 0 Å². The standard InChI is InChI=1S/C19H20N2O3S/c1-2-14-4-3-10-20-16(14)9-11-24-15-7-5-13(6-8-15)12-17-18(22)21-19(23)25-17/h3-8,10,17H,2,9,11-12H2,1H3,(H,21,22,23). The van der Waals surface area contributed by atoms with Gasteiger partial charge in [0.05, 0.1) is 11.9 Å². The number of hydrogen-bond donors (Lipinski definition) is 1. The molecule has 1 saturated heterocycles. The van der Waals surface area contributed by atoms with Gasteiger partial charge in [0, 0.05) is 18.3 Å². The molecular formula is C19H20N2O3S. The van der Waals surface area contributed by atoms with E-state index in [1.807, 2.05) is 36.5 Å². The molecule has 1 fully saturated rings. The fraction of sp³-hybridized carbons (Fsp3) is 0.316. The molecule has 1 aromatic heterocycles. The lowest BCUT2D eigenvalue weighted by molar-refractivity contribution is -0.118. The molecule has 0 aliphatic carbocycles. The molecule has 0 saturated carbocycles. The Bertz CT molecular complexity index is 762. The van der Waals surface area contributed by atoms with Crippen molar-refractivity contribution in [3.8, 4) is 5.75 Å². The third-order valence-corrected chi connectivity index (χ3v) is 5.07. The van der Waals surface area contributed by atoms with Gasteiger partial charge in [-0.1, -0.05) is 36.9 Å². The first kappa shape index (κ1) is 17.5. The van der Waals surface area contributed by atoms with Crippen molar-refractivity contribution in [3.63, 3.8) is 0 Å². The molecule has 0 bridgehead atoms. The van der Waals surface area contributed by atoms with Gasteiger partial charge in [0.15, 0.2) is 0 Å². The van der Waals surface area contributed by atoms with Crippen molar-refractivity contribution in [1.82, 2.24) is 10.3 Å². The molecule has 1 atom stereocenters. The van der Waals surface area contributed by atoms with E-state index in [1.54, 1.807) is 0 Å². The third kappa shape index (κ3) is 4.60. The predicted molar refractivity (Wildman–Crippen MR) is 97.9 cm³/mol. The molecule has 2 aromatic rings. The number of hydrogen-bond acceptors (Lipinski definition) is 5. The molecule has 5 nitrogen and oxygen atoms in total. The number of nitrogens with one attached hydrogen (secondary N) is 1. The van der Waals surface area contributed by atoms with Crippen molar-refractivity contribution in [2.45, 2.75) is 31.4 Å². The highest BCUT2D eigenvalue weighted by Crippen LogP contribution is 2.24. The molecule has 0 radical (unpaired) electrons. The van der Waals surface area contributed by atoms with Crippen LogP contribution in [0.1, 0.15) is 23.7 Å². The average molecular weight is 356 g/mol. The van der Waals surface area contributed by atoms with Crippen LogP contribution >= 0.6 is 11.8 Å². The molecule has 0 spiro atoms. The molecule has 3 rings (SSSR count). The zero-order chi connectivity index (χ0) is 17.6. The summed E-state index contributed by atoms with van der Waals surface area (Å²) in [6.07, 6.45) is 4.08. The predicted octanol–water partition coefficient (Wildman–Crippen LogP) is 3.16. The van der Waals surface area contributed by atoms with Gasteiger partial charge in [-0.25, -0.2) is 0 Å². The maximum absolute atomic E-state index is 11.6. The number of pyridine rings is 1. The normalized spacial score (nSPS) is 16.8. The van der Waals surface area contributed by atoms with Crippen LogP contribution in [-0.4, -0.2) is 28.0 Å². The summed E-state index contributed by atoms with van der Waals surface area (Å²) in [7, 11) is 0. The second-order valence-corrected chi connectivity index (χ2v) is 6.97. The largest absolute Gasteiger partial charge is 0.493 e. The number of ether oxygens (including phenoxy) is 1. The minimum Gasteiger partial charge on any atom is -0.493 e. The van der Waals surface area contributed by atoms with Crippen molar-refractivity contribution in [2.24, 2.45) is 0 Å². The number of carbonyl (C=O) groups excluding carboxylic acids is 2. The number of aromatic nitrogens is 1. The zero-order valence-electron chi connectivity index (χ0n) is 14.0. The molecule has 1 aromatic carbocycles. The number of benzene rings is 1. The number of thioether (sulfide) groups is 1. The van der Waals surface area contributed by atoms with Crippen molar-refractivity contribution in [2.75, 3.05) is 6.61 Å². The molecule has 25 heavy (non-hydrogen) atoms. The Morgan fingerprint density at radius 3 is 2.68 bits per heavy atom. The molecule has 1 aliphatic rings. The number of rotatable bonds is 7. The topological polar surface area (TPSA) is 68.3 Å². The Morgan fingerprint density at radius 2 is 2.00 bits per heavy atom. The summed E-state index contributed by atoms with van der Waals surface area (Å²) in [4.78, 5) is 27.2. The summed E-state index contributed by atoms with van der Waals surface area (Å²) in [5, 5.41) is 1.70. The van der Waals surface area contributed by atoms with Gasteiger partial charge in [-0.3, -0.25) is 19.9 Å². The molecule has 1 aliphatic heterocycles. The summed E-state index contributed by atoms with van der Waals surface area (Å²) < 4.78 is 5.79. The van der Waals surface area contributed by atoms with E-state index < -0.39 is 0 Å². The van der Waals surface area contributed by atoms with E-state index in [2.05, 4.69) is 23.3 Å². The van der Waals surface area contributed by atoms with Gasteiger partial charge in [0.2, 0.25) is 5.91 Å². The van der Waals surface area contributed by atoms with E-state index in [0.717, 1.165) is 41.6 Å². The summed E-state index contributed by atoms with van der Waals surface area (Å²) in [5.41, 5.74) is 3.34. The third-order valence-electron chi connectivity index (χ3n) is 4.08. The first-order chi connectivity index (χ1) is 12.2. The van der Waals surface area contributed by atoms with Gasteiger partial charge in [0.1, 0.15) is 5.75 Å².